The van der Waals surface area contributed by atoms with Crippen molar-refractivity contribution in [3.8, 4) is 5.75 Å². The highest BCUT2D eigenvalue weighted by atomic mass is 16.5. The lowest BCUT2D eigenvalue weighted by Gasteiger charge is -2.08. The van der Waals surface area contributed by atoms with Gasteiger partial charge in [-0.1, -0.05) is 25.0 Å². The fourth-order valence-electron chi connectivity index (χ4n) is 1.90. The lowest BCUT2D eigenvalue weighted by Crippen LogP contribution is -2.04. The highest BCUT2D eigenvalue weighted by Gasteiger charge is 2.11. The molecule has 3 heteroatoms. The van der Waals surface area contributed by atoms with Gasteiger partial charge in [0.25, 0.3) is 0 Å². The van der Waals surface area contributed by atoms with Crippen molar-refractivity contribution in [2.75, 3.05) is 13.2 Å². The minimum atomic E-state index is 0.173. The average molecular weight is 249 g/mol. The van der Waals surface area contributed by atoms with E-state index in [0.29, 0.717) is 24.3 Å². The molecule has 0 aromatic heterocycles. The molecule has 0 saturated heterocycles. The molecule has 0 bridgehead atoms. The van der Waals surface area contributed by atoms with E-state index in [4.69, 9.17) is 10.5 Å². The van der Waals surface area contributed by atoms with Gasteiger partial charge in [-0.05, 0) is 38.4 Å². The number of Topliss-reactive ketones (excluding diaryl/α,β-unsaturated/α-hetero) is 1. The molecule has 100 valence electrons. The highest BCUT2D eigenvalue weighted by Crippen LogP contribution is 2.20. The number of nitrogens with two attached hydrogens (primary N) is 1. The predicted molar refractivity (Wildman–Crippen MR) is 74.1 cm³/mol. The molecule has 0 amide bonds. The number of carbonyl (C=O) groups excluding carboxylic acids is 1. The van der Waals surface area contributed by atoms with Crippen molar-refractivity contribution >= 4 is 5.78 Å². The maximum absolute atomic E-state index is 12.1. The standard InChI is InChI=1S/C15H23NO2/c1-2-18-15-11-7-6-9-13(15)14(17)10-5-3-4-8-12-16/h6-7,9,11H,2-5,8,10,12,16H2,1H3. The van der Waals surface area contributed by atoms with Crippen molar-refractivity contribution < 1.29 is 9.53 Å². The van der Waals surface area contributed by atoms with Crippen LogP contribution in [0.2, 0.25) is 0 Å². The lowest BCUT2D eigenvalue weighted by molar-refractivity contribution is 0.0975. The molecule has 0 fully saturated rings. The minimum absolute atomic E-state index is 0.173. The molecule has 0 aliphatic carbocycles. The van der Waals surface area contributed by atoms with Gasteiger partial charge >= 0.3 is 0 Å². The first-order valence-corrected chi connectivity index (χ1v) is 6.74. The van der Waals surface area contributed by atoms with E-state index < -0.39 is 0 Å². The second kappa shape index (κ2) is 8.70. The molecule has 0 unspecified atom stereocenters. The molecule has 18 heavy (non-hydrogen) atoms. The van der Waals surface area contributed by atoms with Crippen LogP contribution in [0.25, 0.3) is 0 Å². The van der Waals surface area contributed by atoms with Crippen LogP contribution in [0.15, 0.2) is 24.3 Å². The van der Waals surface area contributed by atoms with Crippen molar-refractivity contribution in [2.24, 2.45) is 5.73 Å². The van der Waals surface area contributed by atoms with Crippen molar-refractivity contribution in [1.29, 1.82) is 0 Å². The van der Waals surface area contributed by atoms with E-state index in [1.807, 2.05) is 31.2 Å². The van der Waals surface area contributed by atoms with Crippen molar-refractivity contribution in [2.45, 2.75) is 39.0 Å². The summed E-state index contributed by atoms with van der Waals surface area (Å²) in [6.45, 7) is 3.25. The third-order valence-electron chi connectivity index (χ3n) is 2.85. The second-order valence-electron chi connectivity index (χ2n) is 4.31. The molecule has 3 nitrogen and oxygen atoms in total. The lowest BCUT2D eigenvalue weighted by atomic mass is 10.0. The highest BCUT2D eigenvalue weighted by molar-refractivity contribution is 5.98. The molecule has 0 saturated carbocycles. The summed E-state index contributed by atoms with van der Waals surface area (Å²) in [5.74, 6) is 0.874. The first-order chi connectivity index (χ1) is 8.79. The Morgan fingerprint density at radius 1 is 1.17 bits per heavy atom. The van der Waals surface area contributed by atoms with Crippen LogP contribution in [-0.2, 0) is 0 Å². The Bertz CT molecular complexity index is 363. The minimum Gasteiger partial charge on any atom is -0.493 e. The number of ketones is 1. The van der Waals surface area contributed by atoms with Gasteiger partial charge in [0.1, 0.15) is 5.75 Å². The number of unbranched alkanes of at least 4 members (excludes halogenated alkanes) is 3. The maximum Gasteiger partial charge on any atom is 0.166 e. The average Bonchev–Trinajstić information content (AvgIpc) is 2.39. The maximum atomic E-state index is 12.1. The largest absolute Gasteiger partial charge is 0.493 e. The Hall–Kier alpha value is -1.35. The number of ether oxygens (including phenoxy) is 1. The summed E-state index contributed by atoms with van der Waals surface area (Å²) in [4.78, 5) is 12.1. The summed E-state index contributed by atoms with van der Waals surface area (Å²) >= 11 is 0. The van der Waals surface area contributed by atoms with E-state index in [9.17, 15) is 4.79 Å². The fourth-order valence-corrected chi connectivity index (χ4v) is 1.90. The molecule has 0 aliphatic rings. The topological polar surface area (TPSA) is 52.3 Å². The van der Waals surface area contributed by atoms with Crippen molar-refractivity contribution in [3.63, 3.8) is 0 Å². The van der Waals surface area contributed by atoms with Crippen LogP contribution in [0.1, 0.15) is 49.4 Å². The molecule has 0 heterocycles. The Morgan fingerprint density at radius 2 is 1.89 bits per heavy atom. The Morgan fingerprint density at radius 3 is 2.61 bits per heavy atom. The molecular formula is C15H23NO2. The van der Waals surface area contributed by atoms with E-state index in [1.54, 1.807) is 0 Å². The smallest absolute Gasteiger partial charge is 0.166 e. The van der Waals surface area contributed by atoms with Crippen LogP contribution in [0.3, 0.4) is 0 Å². The van der Waals surface area contributed by atoms with Gasteiger partial charge in [-0.2, -0.15) is 0 Å². The SMILES string of the molecule is CCOc1ccccc1C(=O)CCCCCCN. The monoisotopic (exact) mass is 249 g/mol. The molecule has 1 aromatic rings. The summed E-state index contributed by atoms with van der Waals surface area (Å²) < 4.78 is 5.47. The van der Waals surface area contributed by atoms with E-state index in [-0.39, 0.29) is 5.78 Å². The van der Waals surface area contributed by atoms with Crippen molar-refractivity contribution in [3.05, 3.63) is 29.8 Å². The van der Waals surface area contributed by atoms with E-state index in [2.05, 4.69) is 0 Å². The summed E-state index contributed by atoms with van der Waals surface area (Å²) in [5, 5.41) is 0. The van der Waals surface area contributed by atoms with E-state index in [0.717, 1.165) is 32.2 Å². The Kier molecular flexibility index (Phi) is 7.11. The zero-order chi connectivity index (χ0) is 13.2. The molecule has 0 spiro atoms. The predicted octanol–water partition coefficient (Wildman–Crippen LogP) is 3.18. The van der Waals surface area contributed by atoms with Crippen LogP contribution in [0.5, 0.6) is 5.75 Å². The zero-order valence-electron chi connectivity index (χ0n) is 11.2. The first-order valence-electron chi connectivity index (χ1n) is 6.74. The van der Waals surface area contributed by atoms with Gasteiger partial charge in [-0.15, -0.1) is 0 Å². The molecule has 0 radical (unpaired) electrons. The quantitative estimate of drug-likeness (QED) is 0.540. The zero-order valence-corrected chi connectivity index (χ0v) is 11.2. The van der Waals surface area contributed by atoms with Gasteiger partial charge in [0.05, 0.1) is 12.2 Å². The fraction of sp³-hybridized carbons (Fsp3) is 0.533. The number of carbonyl (C=O) groups is 1. The molecule has 0 aliphatic heterocycles. The number of rotatable bonds is 9. The summed E-state index contributed by atoms with van der Waals surface area (Å²) in [5.41, 5.74) is 6.14. The first kappa shape index (κ1) is 14.7. The van der Waals surface area contributed by atoms with E-state index in [1.165, 1.54) is 0 Å². The van der Waals surface area contributed by atoms with Crippen LogP contribution < -0.4 is 10.5 Å². The number of hydrogen-bond donors (Lipinski definition) is 1. The Balaban J connectivity index is 2.45. The number of benzene rings is 1. The molecular weight excluding hydrogens is 226 g/mol. The van der Waals surface area contributed by atoms with Gasteiger partial charge in [0.2, 0.25) is 0 Å². The molecule has 0 atom stereocenters. The molecule has 1 rings (SSSR count). The third-order valence-corrected chi connectivity index (χ3v) is 2.85. The van der Waals surface area contributed by atoms with Gasteiger partial charge in [0.15, 0.2) is 5.78 Å². The van der Waals surface area contributed by atoms with Crippen molar-refractivity contribution in [1.82, 2.24) is 0 Å². The van der Waals surface area contributed by atoms with Gasteiger partial charge in [-0.3, -0.25) is 4.79 Å². The van der Waals surface area contributed by atoms with Crippen LogP contribution in [0.4, 0.5) is 0 Å². The van der Waals surface area contributed by atoms with Crippen LogP contribution >= 0.6 is 0 Å². The molecule has 1 aromatic carbocycles. The number of hydrogen-bond acceptors (Lipinski definition) is 3. The summed E-state index contributed by atoms with van der Waals surface area (Å²) in [7, 11) is 0. The second-order valence-corrected chi connectivity index (χ2v) is 4.31. The van der Waals surface area contributed by atoms with Crippen LogP contribution in [0, 0.1) is 0 Å². The number of para-hydroxylation sites is 1. The van der Waals surface area contributed by atoms with Gasteiger partial charge < -0.3 is 10.5 Å². The van der Waals surface area contributed by atoms with Gasteiger partial charge in [0, 0.05) is 6.42 Å². The normalized spacial score (nSPS) is 10.3. The van der Waals surface area contributed by atoms with Crippen LogP contribution in [-0.4, -0.2) is 18.9 Å². The summed E-state index contributed by atoms with van der Waals surface area (Å²) in [6.07, 6.45) is 4.74. The van der Waals surface area contributed by atoms with Gasteiger partial charge in [-0.25, -0.2) is 0 Å². The molecule has 2 N–H and O–H groups in total. The summed E-state index contributed by atoms with van der Waals surface area (Å²) in [6, 6.07) is 7.46. The third kappa shape index (κ3) is 4.88. The van der Waals surface area contributed by atoms with E-state index >= 15 is 0 Å². The Labute approximate surface area is 109 Å².